The SMILES string of the molecule is Cc1nc([C@@H]2CC[C@H](CNC(=O)Cc3c(C)nn(C)c3C)O2)n[nH]1. The maximum absolute atomic E-state index is 12.2. The van der Waals surface area contributed by atoms with E-state index in [2.05, 4.69) is 25.6 Å². The van der Waals surface area contributed by atoms with Crippen LogP contribution in [0.4, 0.5) is 0 Å². The van der Waals surface area contributed by atoms with Crippen LogP contribution in [0.3, 0.4) is 0 Å². The maximum Gasteiger partial charge on any atom is 0.224 e. The van der Waals surface area contributed by atoms with Crippen molar-refractivity contribution in [3.8, 4) is 0 Å². The van der Waals surface area contributed by atoms with Crippen LogP contribution in [0.5, 0.6) is 0 Å². The van der Waals surface area contributed by atoms with Gasteiger partial charge in [0.15, 0.2) is 5.82 Å². The first-order valence-corrected chi connectivity index (χ1v) is 8.24. The number of nitrogens with one attached hydrogen (secondary N) is 2. The number of amides is 1. The van der Waals surface area contributed by atoms with Crippen molar-refractivity contribution in [3.05, 3.63) is 28.6 Å². The van der Waals surface area contributed by atoms with Gasteiger partial charge >= 0.3 is 0 Å². The van der Waals surface area contributed by atoms with Crippen molar-refractivity contribution in [1.82, 2.24) is 30.3 Å². The molecule has 2 N–H and O–H groups in total. The van der Waals surface area contributed by atoms with Crippen molar-refractivity contribution in [2.45, 2.75) is 52.2 Å². The molecule has 24 heavy (non-hydrogen) atoms. The number of hydrogen-bond acceptors (Lipinski definition) is 5. The predicted octanol–water partition coefficient (Wildman–Crippen LogP) is 1.04. The van der Waals surface area contributed by atoms with E-state index in [0.717, 1.165) is 35.6 Å². The minimum absolute atomic E-state index is 0.00464. The molecule has 0 bridgehead atoms. The van der Waals surface area contributed by atoms with Crippen LogP contribution in [0.1, 0.15) is 47.5 Å². The molecule has 0 saturated carbocycles. The second-order valence-electron chi connectivity index (χ2n) is 6.36. The number of aromatic amines is 1. The molecule has 0 aliphatic carbocycles. The highest BCUT2D eigenvalue weighted by Crippen LogP contribution is 2.30. The van der Waals surface area contributed by atoms with E-state index in [9.17, 15) is 4.79 Å². The topological polar surface area (TPSA) is 97.7 Å². The highest BCUT2D eigenvalue weighted by Gasteiger charge is 2.29. The molecule has 8 nitrogen and oxygen atoms in total. The van der Waals surface area contributed by atoms with Crippen molar-refractivity contribution < 1.29 is 9.53 Å². The van der Waals surface area contributed by atoms with E-state index in [-0.39, 0.29) is 18.1 Å². The lowest BCUT2D eigenvalue weighted by Crippen LogP contribution is -2.33. The van der Waals surface area contributed by atoms with Crippen molar-refractivity contribution in [2.75, 3.05) is 6.54 Å². The minimum atomic E-state index is -0.0836. The summed E-state index contributed by atoms with van der Waals surface area (Å²) in [5, 5.41) is 14.3. The fourth-order valence-corrected chi connectivity index (χ4v) is 3.07. The number of rotatable bonds is 5. The van der Waals surface area contributed by atoms with E-state index in [1.54, 1.807) is 0 Å². The van der Waals surface area contributed by atoms with E-state index in [1.165, 1.54) is 0 Å². The predicted molar refractivity (Wildman–Crippen MR) is 87.4 cm³/mol. The van der Waals surface area contributed by atoms with Gasteiger partial charge in [0, 0.05) is 24.8 Å². The zero-order chi connectivity index (χ0) is 17.3. The number of hydrogen-bond donors (Lipinski definition) is 2. The Balaban J connectivity index is 1.48. The Labute approximate surface area is 141 Å². The summed E-state index contributed by atoms with van der Waals surface area (Å²) in [5.74, 6) is 1.48. The van der Waals surface area contributed by atoms with E-state index >= 15 is 0 Å². The molecule has 2 aromatic rings. The van der Waals surface area contributed by atoms with Crippen molar-refractivity contribution in [2.24, 2.45) is 7.05 Å². The smallest absolute Gasteiger partial charge is 0.224 e. The molecule has 0 spiro atoms. The van der Waals surface area contributed by atoms with Crippen molar-refractivity contribution >= 4 is 5.91 Å². The number of carbonyl (C=O) groups excluding carboxylic acids is 1. The quantitative estimate of drug-likeness (QED) is 0.852. The average Bonchev–Trinajstić information content (AvgIpc) is 3.22. The van der Waals surface area contributed by atoms with Gasteiger partial charge in [-0.2, -0.15) is 10.2 Å². The van der Waals surface area contributed by atoms with Gasteiger partial charge in [-0.25, -0.2) is 4.98 Å². The molecule has 8 heteroatoms. The van der Waals surface area contributed by atoms with Gasteiger partial charge in [-0.05, 0) is 33.6 Å². The van der Waals surface area contributed by atoms with Crippen LogP contribution in [-0.2, 0) is 23.0 Å². The molecule has 1 saturated heterocycles. The summed E-state index contributed by atoms with van der Waals surface area (Å²) in [5.41, 5.74) is 2.93. The molecule has 3 heterocycles. The lowest BCUT2D eigenvalue weighted by Gasteiger charge is -2.13. The second kappa shape index (κ2) is 6.72. The number of aryl methyl sites for hydroxylation is 3. The first kappa shape index (κ1) is 16.6. The molecule has 1 fully saturated rings. The number of carbonyl (C=O) groups is 1. The summed E-state index contributed by atoms with van der Waals surface area (Å²) in [4.78, 5) is 16.5. The number of ether oxygens (including phenoxy) is 1. The number of nitrogens with zero attached hydrogens (tertiary/aromatic N) is 4. The third kappa shape index (κ3) is 3.48. The normalized spacial score (nSPS) is 20.5. The van der Waals surface area contributed by atoms with Crippen molar-refractivity contribution in [1.29, 1.82) is 0 Å². The van der Waals surface area contributed by atoms with Gasteiger partial charge in [0.25, 0.3) is 0 Å². The fraction of sp³-hybridized carbons (Fsp3) is 0.625. The lowest BCUT2D eigenvalue weighted by atomic mass is 10.1. The fourth-order valence-electron chi connectivity index (χ4n) is 3.07. The Morgan fingerprint density at radius 3 is 2.79 bits per heavy atom. The highest BCUT2D eigenvalue weighted by atomic mass is 16.5. The minimum Gasteiger partial charge on any atom is -0.365 e. The number of H-pyrrole nitrogens is 1. The van der Waals surface area contributed by atoms with Crippen molar-refractivity contribution in [3.63, 3.8) is 0 Å². The van der Waals surface area contributed by atoms with Crippen LogP contribution in [0.2, 0.25) is 0 Å². The van der Waals surface area contributed by atoms with E-state index in [4.69, 9.17) is 4.74 Å². The summed E-state index contributed by atoms with van der Waals surface area (Å²) in [6.07, 6.45) is 2.04. The van der Waals surface area contributed by atoms with E-state index in [1.807, 2.05) is 32.5 Å². The Hall–Kier alpha value is -2.22. The molecular formula is C16H24N6O2. The molecule has 2 aromatic heterocycles. The molecule has 0 radical (unpaired) electrons. The molecule has 0 aromatic carbocycles. The first-order valence-electron chi connectivity index (χ1n) is 8.24. The van der Waals surface area contributed by atoms with Gasteiger partial charge in [-0.3, -0.25) is 14.6 Å². The van der Waals surface area contributed by atoms with E-state index in [0.29, 0.717) is 18.8 Å². The summed E-state index contributed by atoms with van der Waals surface area (Å²) in [6, 6.07) is 0. The zero-order valence-corrected chi connectivity index (χ0v) is 14.6. The summed E-state index contributed by atoms with van der Waals surface area (Å²) in [6.45, 7) is 6.29. The van der Waals surface area contributed by atoms with Gasteiger partial charge in [-0.1, -0.05) is 0 Å². The van der Waals surface area contributed by atoms with Crippen LogP contribution in [0.25, 0.3) is 0 Å². The van der Waals surface area contributed by atoms with Crippen LogP contribution >= 0.6 is 0 Å². The largest absolute Gasteiger partial charge is 0.365 e. The molecule has 0 unspecified atom stereocenters. The van der Waals surface area contributed by atoms with Gasteiger partial charge in [0.2, 0.25) is 5.91 Å². The van der Waals surface area contributed by atoms with Crippen LogP contribution in [-0.4, -0.2) is 43.5 Å². The van der Waals surface area contributed by atoms with Crippen LogP contribution in [0, 0.1) is 20.8 Å². The van der Waals surface area contributed by atoms with Gasteiger partial charge < -0.3 is 10.1 Å². The molecule has 3 rings (SSSR count). The van der Waals surface area contributed by atoms with Gasteiger partial charge in [0.1, 0.15) is 11.9 Å². The monoisotopic (exact) mass is 332 g/mol. The third-order valence-electron chi connectivity index (χ3n) is 4.53. The summed E-state index contributed by atoms with van der Waals surface area (Å²) < 4.78 is 7.74. The van der Waals surface area contributed by atoms with Gasteiger partial charge in [-0.15, -0.1) is 0 Å². The molecular weight excluding hydrogens is 308 g/mol. The Bertz CT molecular complexity index is 735. The summed E-state index contributed by atoms with van der Waals surface area (Å²) in [7, 11) is 1.89. The maximum atomic E-state index is 12.2. The molecule has 1 aliphatic rings. The van der Waals surface area contributed by atoms with E-state index < -0.39 is 0 Å². The lowest BCUT2D eigenvalue weighted by molar-refractivity contribution is -0.121. The third-order valence-corrected chi connectivity index (χ3v) is 4.53. The Kier molecular flexibility index (Phi) is 4.66. The molecule has 1 aliphatic heterocycles. The standard InChI is InChI=1S/C16H24N6O2/c1-9-13(10(2)22(4)21-9)7-15(23)17-8-12-5-6-14(24-12)16-18-11(3)19-20-16/h12,14H,5-8H2,1-4H3,(H,17,23)(H,18,19,20)/t12-,14+/m1/s1. The van der Waals surface area contributed by atoms with Crippen LogP contribution < -0.4 is 5.32 Å². The molecule has 2 atom stereocenters. The first-order chi connectivity index (χ1) is 11.4. The van der Waals surface area contributed by atoms with Gasteiger partial charge in [0.05, 0.1) is 18.2 Å². The zero-order valence-electron chi connectivity index (χ0n) is 14.6. The number of aromatic nitrogens is 5. The average molecular weight is 332 g/mol. The van der Waals surface area contributed by atoms with Crippen LogP contribution in [0.15, 0.2) is 0 Å². The second-order valence-corrected chi connectivity index (χ2v) is 6.36. The Morgan fingerprint density at radius 2 is 2.17 bits per heavy atom. The molecule has 1 amide bonds. The molecule has 130 valence electrons. The Morgan fingerprint density at radius 1 is 1.38 bits per heavy atom. The highest BCUT2D eigenvalue weighted by molar-refractivity contribution is 5.79. The summed E-state index contributed by atoms with van der Waals surface area (Å²) >= 11 is 0.